The second kappa shape index (κ2) is 7.71. The largest absolute Gasteiger partial charge is 0.322 e. The van der Waals surface area contributed by atoms with E-state index >= 15 is 0 Å². The second-order valence-electron chi connectivity index (χ2n) is 6.80. The molecule has 0 saturated heterocycles. The van der Waals surface area contributed by atoms with Gasteiger partial charge in [-0.15, -0.1) is 11.8 Å². The lowest BCUT2D eigenvalue weighted by Crippen LogP contribution is -2.31. The molecule has 2 amide bonds. The summed E-state index contributed by atoms with van der Waals surface area (Å²) in [5.41, 5.74) is 2.76. The van der Waals surface area contributed by atoms with Crippen LogP contribution < -0.4 is 5.32 Å². The number of aromatic nitrogens is 1. The lowest BCUT2D eigenvalue weighted by Gasteiger charge is -2.20. The highest BCUT2D eigenvalue weighted by Gasteiger charge is 2.14. The second-order valence-corrected chi connectivity index (χ2v) is 8.70. The van der Waals surface area contributed by atoms with Gasteiger partial charge in [0, 0.05) is 28.6 Å². The number of anilines is 1. The number of carbonyl (C=O) groups is 1. The van der Waals surface area contributed by atoms with E-state index in [1.54, 1.807) is 18.1 Å². The molecule has 0 radical (unpaired) electrons. The van der Waals surface area contributed by atoms with Crippen LogP contribution in [0.1, 0.15) is 32.0 Å². The third-order valence-corrected chi connectivity index (χ3v) is 4.44. The van der Waals surface area contributed by atoms with Crippen LogP contribution in [0.4, 0.5) is 10.5 Å². The number of rotatable bonds is 4. The van der Waals surface area contributed by atoms with Crippen LogP contribution >= 0.6 is 11.8 Å². The van der Waals surface area contributed by atoms with Crippen LogP contribution in [0.15, 0.2) is 47.5 Å². The maximum absolute atomic E-state index is 12.4. The van der Waals surface area contributed by atoms with Crippen molar-refractivity contribution in [3.8, 4) is 0 Å². The fourth-order valence-corrected chi connectivity index (χ4v) is 3.29. The molecule has 2 aromatic rings. The first-order valence-electron chi connectivity index (χ1n) is 7.96. The first kappa shape index (κ1) is 18.3. The Morgan fingerprint density at radius 1 is 1.25 bits per heavy atom. The summed E-state index contributed by atoms with van der Waals surface area (Å²) in [4.78, 5) is 19.4. The Morgan fingerprint density at radius 3 is 2.58 bits per heavy atom. The Balaban J connectivity index is 2.01. The molecule has 1 heterocycles. The van der Waals surface area contributed by atoms with E-state index in [1.807, 2.05) is 43.0 Å². The Hall–Kier alpha value is -2.01. The number of urea groups is 1. The summed E-state index contributed by atoms with van der Waals surface area (Å²) in [6.45, 7) is 9.06. The topological polar surface area (TPSA) is 45.2 Å². The van der Waals surface area contributed by atoms with E-state index in [4.69, 9.17) is 0 Å². The van der Waals surface area contributed by atoms with E-state index in [9.17, 15) is 4.79 Å². The van der Waals surface area contributed by atoms with Crippen molar-refractivity contribution in [3.63, 3.8) is 0 Å². The molecule has 0 spiro atoms. The number of carbonyl (C=O) groups excluding carboxylic acids is 1. The highest BCUT2D eigenvalue weighted by atomic mass is 32.2. The molecule has 0 aliphatic carbocycles. The van der Waals surface area contributed by atoms with Gasteiger partial charge in [-0.05, 0) is 42.8 Å². The van der Waals surface area contributed by atoms with Gasteiger partial charge in [-0.1, -0.05) is 26.8 Å². The molecular formula is C19H25N3OS. The van der Waals surface area contributed by atoms with E-state index in [0.29, 0.717) is 6.54 Å². The van der Waals surface area contributed by atoms with Crippen LogP contribution in [0.2, 0.25) is 0 Å². The van der Waals surface area contributed by atoms with Crippen LogP contribution in [0.25, 0.3) is 0 Å². The number of hydrogen-bond donors (Lipinski definition) is 1. The fraction of sp³-hybridized carbons (Fsp3) is 0.368. The predicted molar refractivity (Wildman–Crippen MR) is 102 cm³/mol. The van der Waals surface area contributed by atoms with E-state index in [2.05, 4.69) is 43.2 Å². The molecule has 0 fully saturated rings. The average molecular weight is 343 g/mol. The van der Waals surface area contributed by atoms with Crippen LogP contribution in [0.3, 0.4) is 0 Å². The van der Waals surface area contributed by atoms with Crippen molar-refractivity contribution in [3.05, 3.63) is 53.9 Å². The molecule has 0 aliphatic rings. The summed E-state index contributed by atoms with van der Waals surface area (Å²) in [6.07, 6.45) is 1.73. The zero-order valence-electron chi connectivity index (χ0n) is 15.0. The number of amides is 2. The van der Waals surface area contributed by atoms with Crippen molar-refractivity contribution >= 4 is 23.5 Å². The van der Waals surface area contributed by atoms with Crippen molar-refractivity contribution in [2.24, 2.45) is 0 Å². The van der Waals surface area contributed by atoms with Gasteiger partial charge in [-0.3, -0.25) is 4.98 Å². The van der Waals surface area contributed by atoms with Gasteiger partial charge in [0.05, 0.1) is 12.2 Å². The summed E-state index contributed by atoms with van der Waals surface area (Å²) < 4.78 is 0.167. The van der Waals surface area contributed by atoms with Gasteiger partial charge < -0.3 is 10.2 Å². The monoisotopic (exact) mass is 343 g/mol. The van der Waals surface area contributed by atoms with Gasteiger partial charge in [0.15, 0.2) is 0 Å². The fourth-order valence-electron chi connectivity index (χ4n) is 2.21. The maximum atomic E-state index is 12.4. The molecule has 128 valence electrons. The lowest BCUT2D eigenvalue weighted by molar-refractivity contribution is 0.220. The van der Waals surface area contributed by atoms with E-state index in [1.165, 1.54) is 4.90 Å². The van der Waals surface area contributed by atoms with Crippen LogP contribution in [0, 0.1) is 6.92 Å². The zero-order valence-corrected chi connectivity index (χ0v) is 15.8. The molecule has 24 heavy (non-hydrogen) atoms. The molecule has 1 aromatic heterocycles. The number of benzene rings is 1. The molecule has 0 aliphatic heterocycles. The number of pyridine rings is 1. The van der Waals surface area contributed by atoms with Crippen LogP contribution in [-0.4, -0.2) is 27.7 Å². The van der Waals surface area contributed by atoms with Gasteiger partial charge in [0.25, 0.3) is 0 Å². The molecule has 5 heteroatoms. The molecule has 2 rings (SSSR count). The third kappa shape index (κ3) is 5.57. The minimum Gasteiger partial charge on any atom is -0.322 e. The molecule has 1 aromatic carbocycles. The Bertz CT molecular complexity index is 696. The quantitative estimate of drug-likeness (QED) is 0.799. The summed E-state index contributed by atoms with van der Waals surface area (Å²) in [5, 5.41) is 2.97. The zero-order chi connectivity index (χ0) is 17.7. The lowest BCUT2D eigenvalue weighted by atomic mass is 10.2. The van der Waals surface area contributed by atoms with Crippen molar-refractivity contribution in [1.29, 1.82) is 0 Å². The number of nitrogens with one attached hydrogen (secondary N) is 1. The Morgan fingerprint density at radius 2 is 2.00 bits per heavy atom. The molecular weight excluding hydrogens is 318 g/mol. The normalized spacial score (nSPS) is 11.2. The smallest absolute Gasteiger partial charge is 0.321 e. The number of thioether (sulfide) groups is 1. The predicted octanol–water partition coefficient (Wildman–Crippen LogP) is 4.94. The third-order valence-electron chi connectivity index (χ3n) is 3.34. The summed E-state index contributed by atoms with van der Waals surface area (Å²) in [5.74, 6) is 0. The molecule has 0 saturated carbocycles. The van der Waals surface area contributed by atoms with Crippen LogP contribution in [0.5, 0.6) is 0 Å². The maximum Gasteiger partial charge on any atom is 0.321 e. The minimum atomic E-state index is -0.139. The van der Waals surface area contributed by atoms with Gasteiger partial charge in [0.1, 0.15) is 0 Å². The number of aryl methyl sites for hydroxylation is 1. The molecule has 1 N–H and O–H groups in total. The molecule has 0 atom stereocenters. The minimum absolute atomic E-state index is 0.139. The van der Waals surface area contributed by atoms with Crippen molar-refractivity contribution < 1.29 is 4.79 Å². The summed E-state index contributed by atoms with van der Waals surface area (Å²) in [7, 11) is 1.77. The molecule has 0 bridgehead atoms. The first-order valence-corrected chi connectivity index (χ1v) is 8.78. The number of nitrogens with zero attached hydrogens (tertiary/aromatic N) is 2. The summed E-state index contributed by atoms with van der Waals surface area (Å²) >= 11 is 1.82. The highest BCUT2D eigenvalue weighted by molar-refractivity contribution is 8.00. The van der Waals surface area contributed by atoms with E-state index < -0.39 is 0 Å². The van der Waals surface area contributed by atoms with E-state index in [0.717, 1.165) is 16.9 Å². The van der Waals surface area contributed by atoms with Crippen molar-refractivity contribution in [1.82, 2.24) is 9.88 Å². The van der Waals surface area contributed by atoms with Gasteiger partial charge >= 0.3 is 6.03 Å². The average Bonchev–Trinajstić information content (AvgIpc) is 2.49. The first-order chi connectivity index (χ1) is 11.2. The number of hydrogen-bond acceptors (Lipinski definition) is 3. The molecule has 0 unspecified atom stereocenters. The van der Waals surface area contributed by atoms with Crippen molar-refractivity contribution in [2.45, 2.75) is 43.9 Å². The van der Waals surface area contributed by atoms with Crippen molar-refractivity contribution in [2.75, 3.05) is 12.4 Å². The van der Waals surface area contributed by atoms with Gasteiger partial charge in [-0.2, -0.15) is 0 Å². The Kier molecular flexibility index (Phi) is 5.89. The van der Waals surface area contributed by atoms with E-state index in [-0.39, 0.29) is 10.8 Å². The summed E-state index contributed by atoms with van der Waals surface area (Å²) in [6, 6.07) is 11.7. The molecule has 4 nitrogen and oxygen atoms in total. The standard InChI is InChI=1S/C19H25N3OS/c1-14-12-16(24-19(2,3)4)9-10-17(14)21-18(23)22(5)13-15-8-6-7-11-20-15/h6-12H,13H2,1-5H3,(H,21,23). The highest BCUT2D eigenvalue weighted by Crippen LogP contribution is 2.33. The van der Waals surface area contributed by atoms with Crippen LogP contribution in [-0.2, 0) is 6.54 Å². The van der Waals surface area contributed by atoms with Gasteiger partial charge in [-0.25, -0.2) is 4.79 Å². The Labute approximate surface area is 148 Å². The van der Waals surface area contributed by atoms with Gasteiger partial charge in [0.2, 0.25) is 0 Å². The SMILES string of the molecule is Cc1cc(SC(C)(C)C)ccc1NC(=O)N(C)Cc1ccccn1.